The minimum atomic E-state index is -3.60. The Morgan fingerprint density at radius 3 is 2.07 bits per heavy atom. The van der Waals surface area contributed by atoms with Crippen molar-refractivity contribution in [3.05, 3.63) is 76.6 Å². The van der Waals surface area contributed by atoms with E-state index in [1.54, 1.807) is 12.1 Å². The minimum Gasteiger partial charge on any atom is -0.429 e. The molecule has 1 nitrogen and oxygen atoms in total. The lowest BCUT2D eigenvalue weighted by Gasteiger charge is -2.26. The first kappa shape index (κ1) is 19.5. The molecule has 0 bridgehead atoms. The fourth-order valence-electron chi connectivity index (χ4n) is 3.34. The summed E-state index contributed by atoms with van der Waals surface area (Å²) in [5.41, 5.74) is 2.99. The number of hydrogen-bond acceptors (Lipinski definition) is 1. The lowest BCUT2D eigenvalue weighted by atomic mass is 9.89. The summed E-state index contributed by atoms with van der Waals surface area (Å²) in [6, 6.07) is 15.0. The van der Waals surface area contributed by atoms with E-state index in [9.17, 15) is 13.2 Å². The first-order valence-corrected chi connectivity index (χ1v) is 9.43. The monoisotopic (exact) mass is 374 g/mol. The number of hydrogen-bond donors (Lipinski definition) is 0. The standard InChI is InChI=1S/C23H25F3O/c1-16-3-6-18(7-4-16)8-9-19-10-12-20(13-11-19)27-23(25,26)21-14-5-17(2)15-22(21)24/h3-4,6-7,10-13,17H,5,8-9,14-15H2,1-2H3. The Balaban J connectivity index is 1.61. The Bertz CT molecular complexity index is 791. The van der Waals surface area contributed by atoms with Gasteiger partial charge in [0.1, 0.15) is 11.6 Å². The lowest BCUT2D eigenvalue weighted by molar-refractivity contribution is -0.147. The van der Waals surface area contributed by atoms with Gasteiger partial charge in [0.2, 0.25) is 0 Å². The van der Waals surface area contributed by atoms with E-state index in [-0.39, 0.29) is 24.5 Å². The first-order valence-electron chi connectivity index (χ1n) is 9.43. The van der Waals surface area contributed by atoms with E-state index in [1.165, 1.54) is 23.3 Å². The van der Waals surface area contributed by atoms with E-state index in [4.69, 9.17) is 4.74 Å². The van der Waals surface area contributed by atoms with Crippen LogP contribution < -0.4 is 4.74 Å². The number of allylic oxidation sites excluding steroid dienone is 1. The highest BCUT2D eigenvalue weighted by molar-refractivity contribution is 5.30. The minimum absolute atomic E-state index is 0.0363. The van der Waals surface area contributed by atoms with Crippen LogP contribution in [0.4, 0.5) is 13.2 Å². The SMILES string of the molecule is Cc1ccc(CCc2ccc(OC(F)(F)C3=C(F)CC(C)CC3)cc2)cc1. The van der Waals surface area contributed by atoms with E-state index >= 15 is 0 Å². The van der Waals surface area contributed by atoms with Crippen molar-refractivity contribution in [3.63, 3.8) is 0 Å². The zero-order valence-corrected chi connectivity index (χ0v) is 15.8. The molecule has 0 aliphatic heterocycles. The van der Waals surface area contributed by atoms with Gasteiger partial charge in [-0.3, -0.25) is 0 Å². The van der Waals surface area contributed by atoms with Gasteiger partial charge in [0.15, 0.2) is 0 Å². The smallest absolute Gasteiger partial charge is 0.425 e. The molecule has 3 rings (SSSR count). The second-order valence-corrected chi connectivity index (χ2v) is 7.48. The Hall–Kier alpha value is -2.23. The molecular formula is C23H25F3O. The predicted octanol–water partition coefficient (Wildman–Crippen LogP) is 6.80. The van der Waals surface area contributed by atoms with Crippen LogP contribution in [0.1, 0.15) is 42.9 Å². The first-order chi connectivity index (χ1) is 12.8. The third kappa shape index (κ3) is 5.15. The maximum absolute atomic E-state index is 14.4. The fraction of sp³-hybridized carbons (Fsp3) is 0.391. The summed E-state index contributed by atoms with van der Waals surface area (Å²) in [7, 11) is 0. The molecule has 2 aromatic carbocycles. The molecule has 0 heterocycles. The van der Waals surface area contributed by atoms with Gasteiger partial charge >= 0.3 is 6.11 Å². The summed E-state index contributed by atoms with van der Waals surface area (Å²) in [6.07, 6.45) is -1.25. The molecule has 0 fully saturated rings. The molecule has 0 aromatic heterocycles. The Kier molecular flexibility index (Phi) is 5.93. The van der Waals surface area contributed by atoms with E-state index < -0.39 is 17.5 Å². The zero-order chi connectivity index (χ0) is 19.4. The molecule has 0 saturated heterocycles. The summed E-state index contributed by atoms with van der Waals surface area (Å²) in [5, 5.41) is 0. The van der Waals surface area contributed by atoms with Crippen LogP contribution in [0, 0.1) is 12.8 Å². The van der Waals surface area contributed by atoms with Crippen molar-refractivity contribution in [2.45, 2.75) is 52.1 Å². The molecule has 2 aromatic rings. The Morgan fingerprint density at radius 1 is 0.963 bits per heavy atom. The molecule has 0 amide bonds. The largest absolute Gasteiger partial charge is 0.429 e. The second kappa shape index (κ2) is 8.20. The Labute approximate surface area is 158 Å². The maximum atomic E-state index is 14.4. The summed E-state index contributed by atoms with van der Waals surface area (Å²) in [5.74, 6) is -0.580. The molecule has 1 atom stereocenters. The van der Waals surface area contributed by atoms with Crippen molar-refractivity contribution in [2.24, 2.45) is 5.92 Å². The molecule has 0 radical (unpaired) electrons. The van der Waals surface area contributed by atoms with Crippen LogP contribution in [0.2, 0.25) is 0 Å². The molecular weight excluding hydrogens is 349 g/mol. The molecule has 27 heavy (non-hydrogen) atoms. The van der Waals surface area contributed by atoms with Crippen LogP contribution in [-0.4, -0.2) is 6.11 Å². The van der Waals surface area contributed by atoms with E-state index in [0.717, 1.165) is 18.4 Å². The number of aryl methyl sites for hydroxylation is 3. The molecule has 1 unspecified atom stereocenters. The molecule has 144 valence electrons. The topological polar surface area (TPSA) is 9.23 Å². The fourth-order valence-corrected chi connectivity index (χ4v) is 3.34. The van der Waals surface area contributed by atoms with Crippen LogP contribution in [0.5, 0.6) is 5.75 Å². The number of alkyl halides is 2. The van der Waals surface area contributed by atoms with Crippen LogP contribution in [0.15, 0.2) is 59.9 Å². The highest BCUT2D eigenvalue weighted by Crippen LogP contribution is 2.40. The average Bonchev–Trinajstić information content (AvgIpc) is 2.62. The lowest BCUT2D eigenvalue weighted by Crippen LogP contribution is -2.30. The maximum Gasteiger partial charge on any atom is 0.425 e. The van der Waals surface area contributed by atoms with Gasteiger partial charge in [-0.25, -0.2) is 4.39 Å². The van der Waals surface area contributed by atoms with Crippen molar-refractivity contribution < 1.29 is 17.9 Å². The quantitative estimate of drug-likeness (QED) is 0.540. The summed E-state index contributed by atoms with van der Waals surface area (Å²) < 4.78 is 47.5. The van der Waals surface area contributed by atoms with Crippen LogP contribution in [0.25, 0.3) is 0 Å². The number of halogens is 3. The summed E-state index contributed by atoms with van der Waals surface area (Å²) >= 11 is 0. The number of ether oxygens (including phenoxy) is 1. The Morgan fingerprint density at radius 2 is 1.52 bits per heavy atom. The van der Waals surface area contributed by atoms with Gasteiger partial charge < -0.3 is 4.74 Å². The van der Waals surface area contributed by atoms with Gasteiger partial charge in [-0.15, -0.1) is 0 Å². The van der Waals surface area contributed by atoms with E-state index in [0.29, 0.717) is 6.42 Å². The molecule has 0 saturated carbocycles. The van der Waals surface area contributed by atoms with Gasteiger partial charge in [0, 0.05) is 6.42 Å². The van der Waals surface area contributed by atoms with Gasteiger partial charge in [-0.1, -0.05) is 48.9 Å². The highest BCUT2D eigenvalue weighted by Gasteiger charge is 2.41. The normalized spacial score (nSPS) is 17.9. The van der Waals surface area contributed by atoms with Crippen LogP contribution >= 0.6 is 0 Å². The van der Waals surface area contributed by atoms with Crippen LogP contribution in [0.3, 0.4) is 0 Å². The second-order valence-electron chi connectivity index (χ2n) is 7.48. The molecule has 0 N–H and O–H groups in total. The van der Waals surface area contributed by atoms with Crippen molar-refractivity contribution >= 4 is 0 Å². The predicted molar refractivity (Wildman–Crippen MR) is 102 cm³/mol. The molecule has 4 heteroatoms. The van der Waals surface area contributed by atoms with Crippen molar-refractivity contribution in [2.75, 3.05) is 0 Å². The molecule has 1 aliphatic rings. The van der Waals surface area contributed by atoms with Crippen molar-refractivity contribution in [1.29, 1.82) is 0 Å². The third-order valence-electron chi connectivity index (χ3n) is 5.09. The third-order valence-corrected chi connectivity index (χ3v) is 5.09. The van der Waals surface area contributed by atoms with Crippen molar-refractivity contribution in [3.8, 4) is 5.75 Å². The summed E-state index contributed by atoms with van der Waals surface area (Å²) in [6.45, 7) is 3.92. The van der Waals surface area contributed by atoms with Gasteiger partial charge in [0.05, 0.1) is 5.57 Å². The van der Waals surface area contributed by atoms with E-state index in [2.05, 4.69) is 24.3 Å². The zero-order valence-electron chi connectivity index (χ0n) is 15.8. The van der Waals surface area contributed by atoms with Crippen molar-refractivity contribution in [1.82, 2.24) is 0 Å². The molecule has 1 aliphatic carbocycles. The summed E-state index contributed by atoms with van der Waals surface area (Å²) in [4.78, 5) is 0. The number of benzene rings is 2. The van der Waals surface area contributed by atoms with Gasteiger partial charge in [-0.2, -0.15) is 8.78 Å². The highest BCUT2D eigenvalue weighted by atomic mass is 19.3. The van der Waals surface area contributed by atoms with Gasteiger partial charge in [0.25, 0.3) is 0 Å². The number of rotatable bonds is 6. The average molecular weight is 374 g/mol. The van der Waals surface area contributed by atoms with Gasteiger partial charge in [-0.05, 0) is 61.8 Å². The molecule has 0 spiro atoms. The van der Waals surface area contributed by atoms with E-state index in [1.807, 2.05) is 13.8 Å². The van der Waals surface area contributed by atoms with Crippen LogP contribution in [-0.2, 0) is 12.8 Å².